The number of nitrogens with zero attached hydrogens (tertiary/aromatic N) is 3. The molecule has 3 rings (SSSR count). The maximum atomic E-state index is 11.2. The molecule has 0 atom stereocenters. The zero-order chi connectivity index (χ0) is 13.2. The summed E-state index contributed by atoms with van der Waals surface area (Å²) in [5.74, 6) is 0. The van der Waals surface area contributed by atoms with Gasteiger partial charge in [-0.2, -0.15) is 0 Å². The van der Waals surface area contributed by atoms with Crippen LogP contribution in [0.1, 0.15) is 30.3 Å². The third kappa shape index (κ3) is 1.99. The highest BCUT2D eigenvalue weighted by Crippen LogP contribution is 2.20. The molecular weight excluding hydrogens is 238 g/mol. The molecule has 0 aliphatic heterocycles. The number of benzene rings is 1. The van der Waals surface area contributed by atoms with Crippen LogP contribution in [0.25, 0.3) is 22.2 Å². The average molecular weight is 253 g/mol. The number of rotatable bonds is 4. The maximum Gasteiger partial charge on any atom is 0.166 e. The van der Waals surface area contributed by atoms with Gasteiger partial charge in [0, 0.05) is 6.54 Å². The zero-order valence-corrected chi connectivity index (χ0v) is 10.8. The van der Waals surface area contributed by atoms with E-state index in [0.717, 1.165) is 47.9 Å². The molecule has 4 heteroatoms. The van der Waals surface area contributed by atoms with E-state index >= 15 is 0 Å². The summed E-state index contributed by atoms with van der Waals surface area (Å²) in [6.07, 6.45) is 2.99. The predicted molar refractivity (Wildman–Crippen MR) is 75.3 cm³/mol. The Labute approximate surface area is 111 Å². The number of aldehydes is 1. The molecule has 0 spiro atoms. The Hall–Kier alpha value is -2.23. The molecule has 4 nitrogen and oxygen atoms in total. The molecule has 0 aliphatic carbocycles. The van der Waals surface area contributed by atoms with Crippen molar-refractivity contribution in [3.05, 3.63) is 36.0 Å². The minimum absolute atomic E-state index is 0.652. The van der Waals surface area contributed by atoms with Crippen LogP contribution in [-0.4, -0.2) is 20.8 Å². The summed E-state index contributed by atoms with van der Waals surface area (Å²) in [6.45, 7) is 2.94. The average Bonchev–Trinajstić information content (AvgIpc) is 2.79. The van der Waals surface area contributed by atoms with E-state index in [1.807, 2.05) is 34.9 Å². The van der Waals surface area contributed by atoms with Crippen molar-refractivity contribution < 1.29 is 4.79 Å². The van der Waals surface area contributed by atoms with Crippen LogP contribution in [0.3, 0.4) is 0 Å². The number of hydrogen-bond acceptors (Lipinski definition) is 3. The Morgan fingerprint density at radius 1 is 1.16 bits per heavy atom. The van der Waals surface area contributed by atoms with Crippen molar-refractivity contribution in [2.24, 2.45) is 0 Å². The third-order valence-corrected chi connectivity index (χ3v) is 3.29. The van der Waals surface area contributed by atoms with Gasteiger partial charge in [0.1, 0.15) is 5.52 Å². The van der Waals surface area contributed by atoms with E-state index in [-0.39, 0.29) is 0 Å². The van der Waals surface area contributed by atoms with E-state index in [1.54, 1.807) is 0 Å². The molecule has 0 saturated heterocycles. The first-order valence-corrected chi connectivity index (χ1v) is 6.54. The van der Waals surface area contributed by atoms with Crippen molar-refractivity contribution >= 4 is 28.5 Å². The molecule has 0 radical (unpaired) electrons. The molecule has 0 amide bonds. The molecular formula is C15H15N3O. The monoisotopic (exact) mass is 253 g/mol. The number of carbonyl (C=O) groups excluding carboxylic acids is 1. The highest BCUT2D eigenvalue weighted by atomic mass is 16.1. The minimum Gasteiger partial charge on any atom is -0.322 e. The first kappa shape index (κ1) is 11.8. The van der Waals surface area contributed by atoms with Gasteiger partial charge in [0.05, 0.1) is 16.7 Å². The fourth-order valence-electron chi connectivity index (χ4n) is 2.29. The summed E-state index contributed by atoms with van der Waals surface area (Å²) in [4.78, 5) is 20.4. The molecule has 2 heterocycles. The van der Waals surface area contributed by atoms with Crippen LogP contribution in [0, 0.1) is 0 Å². The second kappa shape index (κ2) is 4.80. The normalized spacial score (nSPS) is 11.2. The summed E-state index contributed by atoms with van der Waals surface area (Å²) in [6, 6.07) is 9.59. The number of unbranched alkanes of at least 4 members (excludes halogenated alkanes) is 1. The number of fused-ring (bicyclic) bond motifs is 2. The Balaban J connectivity index is 2.26. The van der Waals surface area contributed by atoms with E-state index < -0.39 is 0 Å². The Morgan fingerprint density at radius 3 is 2.58 bits per heavy atom. The molecule has 0 bridgehead atoms. The summed E-state index contributed by atoms with van der Waals surface area (Å²) >= 11 is 0. The standard InChI is InChI=1S/C15H15N3O/c1-2-3-8-18-11(10-19)9-14-15(18)17-13-7-5-4-6-12(13)16-14/h4-7,9-10H,2-3,8H2,1H3. The zero-order valence-electron chi connectivity index (χ0n) is 10.8. The smallest absolute Gasteiger partial charge is 0.166 e. The fourth-order valence-corrected chi connectivity index (χ4v) is 2.29. The van der Waals surface area contributed by atoms with Gasteiger partial charge in [0.2, 0.25) is 0 Å². The van der Waals surface area contributed by atoms with Gasteiger partial charge in [0.15, 0.2) is 11.9 Å². The molecule has 19 heavy (non-hydrogen) atoms. The van der Waals surface area contributed by atoms with Gasteiger partial charge in [-0.25, -0.2) is 9.97 Å². The number of carbonyl (C=O) groups is 1. The van der Waals surface area contributed by atoms with Crippen molar-refractivity contribution in [1.29, 1.82) is 0 Å². The van der Waals surface area contributed by atoms with Gasteiger partial charge in [-0.1, -0.05) is 25.5 Å². The lowest BCUT2D eigenvalue weighted by Crippen LogP contribution is -2.03. The molecule has 1 aromatic carbocycles. The van der Waals surface area contributed by atoms with Crippen molar-refractivity contribution in [3.63, 3.8) is 0 Å². The van der Waals surface area contributed by atoms with E-state index in [4.69, 9.17) is 0 Å². The van der Waals surface area contributed by atoms with Crippen LogP contribution < -0.4 is 0 Å². The van der Waals surface area contributed by atoms with Crippen LogP contribution >= 0.6 is 0 Å². The van der Waals surface area contributed by atoms with Crippen LogP contribution in [0.5, 0.6) is 0 Å². The number of aromatic nitrogens is 3. The Kier molecular flexibility index (Phi) is 2.99. The van der Waals surface area contributed by atoms with Gasteiger partial charge in [0.25, 0.3) is 0 Å². The SMILES string of the molecule is CCCCn1c(C=O)cc2nc3ccccc3nc21. The minimum atomic E-state index is 0.652. The van der Waals surface area contributed by atoms with Crippen LogP contribution in [0.15, 0.2) is 30.3 Å². The molecule has 0 saturated carbocycles. The van der Waals surface area contributed by atoms with Gasteiger partial charge in [-0.3, -0.25) is 4.79 Å². The molecule has 0 unspecified atom stereocenters. The lowest BCUT2D eigenvalue weighted by atomic mass is 10.3. The maximum absolute atomic E-state index is 11.2. The summed E-state index contributed by atoms with van der Waals surface area (Å²) in [5, 5.41) is 0. The molecule has 0 N–H and O–H groups in total. The van der Waals surface area contributed by atoms with Gasteiger partial charge >= 0.3 is 0 Å². The predicted octanol–water partition coefficient (Wildman–Crippen LogP) is 3.20. The number of para-hydroxylation sites is 2. The Morgan fingerprint density at radius 2 is 1.89 bits per heavy atom. The third-order valence-electron chi connectivity index (χ3n) is 3.29. The lowest BCUT2D eigenvalue weighted by molar-refractivity contribution is 0.111. The largest absolute Gasteiger partial charge is 0.322 e. The second-order valence-corrected chi connectivity index (χ2v) is 4.61. The van der Waals surface area contributed by atoms with Crippen molar-refractivity contribution in [1.82, 2.24) is 14.5 Å². The van der Waals surface area contributed by atoms with E-state index in [1.165, 1.54) is 0 Å². The lowest BCUT2D eigenvalue weighted by Gasteiger charge is -2.05. The van der Waals surface area contributed by atoms with Crippen molar-refractivity contribution in [3.8, 4) is 0 Å². The van der Waals surface area contributed by atoms with Crippen molar-refractivity contribution in [2.45, 2.75) is 26.3 Å². The van der Waals surface area contributed by atoms with Crippen LogP contribution in [-0.2, 0) is 6.54 Å². The van der Waals surface area contributed by atoms with E-state index in [9.17, 15) is 4.79 Å². The highest BCUT2D eigenvalue weighted by Gasteiger charge is 2.11. The molecule has 3 aromatic rings. The molecule has 0 aliphatic rings. The van der Waals surface area contributed by atoms with Crippen LogP contribution in [0.2, 0.25) is 0 Å². The van der Waals surface area contributed by atoms with Crippen LogP contribution in [0.4, 0.5) is 0 Å². The fraction of sp³-hybridized carbons (Fsp3) is 0.267. The summed E-state index contributed by atoms with van der Waals surface area (Å²) < 4.78 is 1.96. The molecule has 0 fully saturated rings. The van der Waals surface area contributed by atoms with Gasteiger partial charge in [-0.05, 0) is 24.6 Å². The first-order valence-electron chi connectivity index (χ1n) is 6.54. The topological polar surface area (TPSA) is 47.8 Å². The summed E-state index contributed by atoms with van der Waals surface area (Å²) in [5.41, 5.74) is 3.97. The van der Waals surface area contributed by atoms with Crippen molar-refractivity contribution in [2.75, 3.05) is 0 Å². The van der Waals surface area contributed by atoms with E-state index in [2.05, 4.69) is 16.9 Å². The summed E-state index contributed by atoms with van der Waals surface area (Å²) in [7, 11) is 0. The second-order valence-electron chi connectivity index (χ2n) is 4.61. The van der Waals surface area contributed by atoms with E-state index in [0.29, 0.717) is 5.69 Å². The number of hydrogen-bond donors (Lipinski definition) is 0. The quantitative estimate of drug-likeness (QED) is 0.671. The Bertz CT molecular complexity index is 746. The van der Waals surface area contributed by atoms with Gasteiger partial charge < -0.3 is 4.57 Å². The highest BCUT2D eigenvalue weighted by molar-refractivity contribution is 5.89. The molecule has 2 aromatic heterocycles. The first-order chi connectivity index (χ1) is 9.33. The van der Waals surface area contributed by atoms with Gasteiger partial charge in [-0.15, -0.1) is 0 Å². The molecule has 96 valence electrons. The number of aryl methyl sites for hydroxylation is 1.